The number of hydrogen-bond acceptors (Lipinski definition) is 4. The van der Waals surface area contributed by atoms with E-state index < -0.39 is 15.7 Å². The van der Waals surface area contributed by atoms with Gasteiger partial charge in [-0.2, -0.15) is 0 Å². The van der Waals surface area contributed by atoms with Gasteiger partial charge in [-0.25, -0.2) is 12.8 Å². The van der Waals surface area contributed by atoms with E-state index in [1.54, 1.807) is 18.2 Å². The first kappa shape index (κ1) is 13.5. The van der Waals surface area contributed by atoms with Gasteiger partial charge in [-0.3, -0.25) is 0 Å². The number of thioether (sulfide) groups is 1. The third kappa shape index (κ3) is 2.29. The fraction of sp³-hybridized carbons (Fsp3) is 0.143. The highest BCUT2D eigenvalue weighted by Crippen LogP contribution is 2.45. The number of nitrogen functional groups attached to an aromatic ring is 1. The van der Waals surface area contributed by atoms with Crippen LogP contribution in [0, 0.1) is 5.82 Å². The first-order chi connectivity index (χ1) is 9.47. The van der Waals surface area contributed by atoms with Crippen LogP contribution in [0.15, 0.2) is 52.3 Å². The van der Waals surface area contributed by atoms with Crippen molar-refractivity contribution in [1.82, 2.24) is 0 Å². The Kier molecular flexibility index (Phi) is 3.22. The molecule has 20 heavy (non-hydrogen) atoms. The van der Waals surface area contributed by atoms with Gasteiger partial charge >= 0.3 is 0 Å². The molecule has 0 aliphatic carbocycles. The van der Waals surface area contributed by atoms with E-state index in [2.05, 4.69) is 0 Å². The molecule has 0 saturated heterocycles. The SMILES string of the molecule is Nc1ccc(SC2CS(=O)(=O)c3ccccc32)cc1F. The van der Waals surface area contributed by atoms with Crippen molar-refractivity contribution in [2.75, 3.05) is 11.5 Å². The molecule has 0 aromatic heterocycles. The zero-order chi connectivity index (χ0) is 14.3. The predicted molar refractivity (Wildman–Crippen MR) is 77.9 cm³/mol. The van der Waals surface area contributed by atoms with Crippen LogP contribution in [0.25, 0.3) is 0 Å². The fourth-order valence-corrected chi connectivity index (χ4v) is 5.73. The average molecular weight is 309 g/mol. The minimum atomic E-state index is -3.23. The first-order valence-electron chi connectivity index (χ1n) is 6.01. The quantitative estimate of drug-likeness (QED) is 0.866. The van der Waals surface area contributed by atoms with Crippen molar-refractivity contribution < 1.29 is 12.8 Å². The molecule has 0 spiro atoms. The van der Waals surface area contributed by atoms with E-state index >= 15 is 0 Å². The third-order valence-electron chi connectivity index (χ3n) is 3.22. The number of nitrogens with two attached hydrogens (primary N) is 1. The van der Waals surface area contributed by atoms with Crippen molar-refractivity contribution in [1.29, 1.82) is 0 Å². The smallest absolute Gasteiger partial charge is 0.180 e. The molecule has 3 rings (SSSR count). The Hall–Kier alpha value is -1.53. The monoisotopic (exact) mass is 309 g/mol. The van der Waals surface area contributed by atoms with Gasteiger partial charge in [0, 0.05) is 4.90 Å². The molecule has 0 radical (unpaired) electrons. The van der Waals surface area contributed by atoms with Gasteiger partial charge in [0.1, 0.15) is 5.82 Å². The zero-order valence-electron chi connectivity index (χ0n) is 10.4. The van der Waals surface area contributed by atoms with Crippen molar-refractivity contribution in [3.63, 3.8) is 0 Å². The molecule has 1 aliphatic heterocycles. The number of fused-ring (bicyclic) bond motifs is 1. The number of rotatable bonds is 2. The van der Waals surface area contributed by atoms with Gasteiger partial charge in [0.2, 0.25) is 0 Å². The molecule has 0 amide bonds. The van der Waals surface area contributed by atoms with Crippen LogP contribution in [-0.4, -0.2) is 14.2 Å². The second-order valence-corrected chi connectivity index (χ2v) is 7.89. The lowest BCUT2D eigenvalue weighted by molar-refractivity contribution is 0.600. The van der Waals surface area contributed by atoms with Gasteiger partial charge in [-0.1, -0.05) is 18.2 Å². The van der Waals surface area contributed by atoms with E-state index in [1.165, 1.54) is 23.9 Å². The molecular weight excluding hydrogens is 297 g/mol. The largest absolute Gasteiger partial charge is 0.396 e. The molecule has 2 N–H and O–H groups in total. The second kappa shape index (κ2) is 4.79. The van der Waals surface area contributed by atoms with Gasteiger partial charge in [0.15, 0.2) is 9.84 Å². The lowest BCUT2D eigenvalue weighted by Crippen LogP contribution is -2.01. The molecule has 1 atom stereocenters. The Morgan fingerprint density at radius 2 is 1.95 bits per heavy atom. The van der Waals surface area contributed by atoms with Crippen LogP contribution < -0.4 is 5.73 Å². The summed E-state index contributed by atoms with van der Waals surface area (Å²) in [6.07, 6.45) is 0. The van der Waals surface area contributed by atoms with Gasteiger partial charge in [0.25, 0.3) is 0 Å². The molecule has 6 heteroatoms. The van der Waals surface area contributed by atoms with Crippen LogP contribution in [0.2, 0.25) is 0 Å². The minimum absolute atomic E-state index is 0.0447. The number of anilines is 1. The molecule has 0 bridgehead atoms. The molecule has 1 unspecified atom stereocenters. The molecule has 2 aromatic carbocycles. The first-order valence-corrected chi connectivity index (χ1v) is 8.54. The molecule has 2 aromatic rings. The maximum absolute atomic E-state index is 13.4. The second-order valence-electron chi connectivity index (χ2n) is 4.61. The van der Waals surface area contributed by atoms with Gasteiger partial charge < -0.3 is 5.73 Å². The topological polar surface area (TPSA) is 60.2 Å². The molecule has 1 heterocycles. The summed E-state index contributed by atoms with van der Waals surface area (Å²) < 4.78 is 37.6. The van der Waals surface area contributed by atoms with Gasteiger partial charge in [0.05, 0.1) is 21.6 Å². The van der Waals surface area contributed by atoms with E-state index in [1.807, 2.05) is 12.1 Å². The van der Waals surface area contributed by atoms with Crippen LogP contribution in [0.3, 0.4) is 0 Å². The highest BCUT2D eigenvalue weighted by molar-refractivity contribution is 8.01. The predicted octanol–water partition coefficient (Wildman–Crippen LogP) is 3.03. The third-order valence-corrected chi connectivity index (χ3v) is 6.48. The fourth-order valence-electron chi connectivity index (χ4n) is 2.25. The van der Waals surface area contributed by atoms with E-state index in [-0.39, 0.29) is 16.7 Å². The van der Waals surface area contributed by atoms with Crippen molar-refractivity contribution in [2.45, 2.75) is 15.0 Å². The standard InChI is InChI=1S/C14H12FNO2S2/c15-11-7-9(5-6-12(11)16)19-13-8-20(17,18)14-4-2-1-3-10(13)14/h1-7,13H,8,16H2. The Bertz CT molecular complexity index is 774. The normalized spacial score (nSPS) is 19.8. The molecule has 1 aliphatic rings. The number of sulfone groups is 1. The molecule has 104 valence electrons. The summed E-state index contributed by atoms with van der Waals surface area (Å²) in [6, 6.07) is 11.5. The highest BCUT2D eigenvalue weighted by Gasteiger charge is 2.34. The van der Waals surface area contributed by atoms with Gasteiger partial charge in [-0.05, 0) is 29.8 Å². The lowest BCUT2D eigenvalue weighted by Gasteiger charge is -2.10. The summed E-state index contributed by atoms with van der Waals surface area (Å²) in [5, 5.41) is -0.209. The van der Waals surface area contributed by atoms with Crippen LogP contribution in [0.4, 0.5) is 10.1 Å². The van der Waals surface area contributed by atoms with Crippen LogP contribution in [-0.2, 0) is 9.84 Å². The summed E-state index contributed by atoms with van der Waals surface area (Å²) >= 11 is 1.34. The van der Waals surface area contributed by atoms with Crippen molar-refractivity contribution in [3.8, 4) is 0 Å². The number of hydrogen-bond donors (Lipinski definition) is 1. The number of halogens is 1. The summed E-state index contributed by atoms with van der Waals surface area (Å²) in [5.41, 5.74) is 6.31. The van der Waals surface area contributed by atoms with Crippen molar-refractivity contribution in [3.05, 3.63) is 53.8 Å². The highest BCUT2D eigenvalue weighted by atomic mass is 32.2. The summed E-state index contributed by atoms with van der Waals surface area (Å²) in [7, 11) is -3.23. The van der Waals surface area contributed by atoms with E-state index in [4.69, 9.17) is 5.73 Å². The van der Waals surface area contributed by atoms with E-state index in [0.29, 0.717) is 9.79 Å². The maximum Gasteiger partial charge on any atom is 0.180 e. The Labute approximate surface area is 120 Å². The van der Waals surface area contributed by atoms with Crippen LogP contribution in [0.1, 0.15) is 10.8 Å². The van der Waals surface area contributed by atoms with E-state index in [0.717, 1.165) is 5.56 Å². The Morgan fingerprint density at radius 3 is 2.70 bits per heavy atom. The van der Waals surface area contributed by atoms with Crippen molar-refractivity contribution >= 4 is 27.3 Å². The minimum Gasteiger partial charge on any atom is -0.396 e. The zero-order valence-corrected chi connectivity index (χ0v) is 12.0. The van der Waals surface area contributed by atoms with Gasteiger partial charge in [-0.15, -0.1) is 11.8 Å². The molecule has 0 saturated carbocycles. The molecule has 3 nitrogen and oxygen atoms in total. The summed E-state index contributed by atoms with van der Waals surface area (Å²) in [6.45, 7) is 0. The lowest BCUT2D eigenvalue weighted by atomic mass is 10.2. The molecule has 0 fully saturated rings. The maximum atomic E-state index is 13.4. The Morgan fingerprint density at radius 1 is 1.20 bits per heavy atom. The number of benzene rings is 2. The summed E-state index contributed by atoms with van der Waals surface area (Å²) in [5.74, 6) is -0.438. The Balaban J connectivity index is 1.95. The van der Waals surface area contributed by atoms with Crippen LogP contribution in [0.5, 0.6) is 0 Å². The summed E-state index contributed by atoms with van der Waals surface area (Å²) in [4.78, 5) is 1.06. The molecular formula is C14H12FNO2S2. The van der Waals surface area contributed by atoms with E-state index in [9.17, 15) is 12.8 Å². The van der Waals surface area contributed by atoms with Crippen molar-refractivity contribution in [2.24, 2.45) is 0 Å². The van der Waals surface area contributed by atoms with Crippen LogP contribution >= 0.6 is 11.8 Å². The average Bonchev–Trinajstić information content (AvgIpc) is 2.66.